The number of carbonyl (C=O) groups is 1. The summed E-state index contributed by atoms with van der Waals surface area (Å²) in [6.07, 6.45) is 1.45. The van der Waals surface area contributed by atoms with Crippen LogP contribution in [0.25, 0.3) is 0 Å². The van der Waals surface area contributed by atoms with Crippen LogP contribution in [0.4, 0.5) is 17.6 Å². The Kier molecular flexibility index (Phi) is 5.93. The minimum atomic E-state index is -1.60. The van der Waals surface area contributed by atoms with Gasteiger partial charge in [-0.3, -0.25) is 4.79 Å². The first-order valence-corrected chi connectivity index (χ1v) is 7.02. The zero-order chi connectivity index (χ0) is 16.3. The molecule has 0 amide bonds. The summed E-state index contributed by atoms with van der Waals surface area (Å²) in [4.78, 5) is 11.9. The van der Waals surface area contributed by atoms with E-state index >= 15 is 0 Å². The van der Waals surface area contributed by atoms with Gasteiger partial charge in [0, 0.05) is 12.0 Å². The third-order valence-electron chi connectivity index (χ3n) is 3.53. The van der Waals surface area contributed by atoms with E-state index in [0.717, 1.165) is 13.3 Å². The van der Waals surface area contributed by atoms with Crippen LogP contribution in [0.1, 0.15) is 56.0 Å². The summed E-state index contributed by atoms with van der Waals surface area (Å²) in [5, 5.41) is 0. The molecule has 21 heavy (non-hydrogen) atoms. The molecule has 0 aliphatic rings. The Bertz CT molecular complexity index is 509. The molecular formula is C16H20F4O. The Balaban J connectivity index is 2.98. The van der Waals surface area contributed by atoms with Crippen LogP contribution in [0.2, 0.25) is 0 Å². The molecule has 0 spiro atoms. The van der Waals surface area contributed by atoms with E-state index in [1.165, 1.54) is 0 Å². The molecule has 0 saturated heterocycles. The van der Waals surface area contributed by atoms with Crippen LogP contribution in [-0.2, 0) is 0 Å². The van der Waals surface area contributed by atoms with Gasteiger partial charge in [0.05, 0.1) is 5.56 Å². The van der Waals surface area contributed by atoms with E-state index in [1.807, 2.05) is 13.8 Å². The van der Waals surface area contributed by atoms with Gasteiger partial charge in [0.2, 0.25) is 0 Å². The van der Waals surface area contributed by atoms with Crippen molar-refractivity contribution >= 4 is 5.78 Å². The fraction of sp³-hybridized carbons (Fsp3) is 0.562. The molecule has 0 aromatic heterocycles. The average Bonchev–Trinajstić information content (AvgIpc) is 2.41. The molecule has 0 aliphatic carbocycles. The van der Waals surface area contributed by atoms with Crippen molar-refractivity contribution in [3.05, 3.63) is 34.4 Å². The lowest BCUT2D eigenvalue weighted by Gasteiger charge is -2.14. The number of ketones is 1. The summed E-state index contributed by atoms with van der Waals surface area (Å²) in [5.74, 6) is -6.78. The van der Waals surface area contributed by atoms with Crippen molar-refractivity contribution < 1.29 is 22.4 Å². The van der Waals surface area contributed by atoms with Crippen molar-refractivity contribution in [2.75, 3.05) is 0 Å². The van der Waals surface area contributed by atoms with Crippen molar-refractivity contribution in [1.82, 2.24) is 0 Å². The number of carbonyl (C=O) groups excluding carboxylic acids is 1. The molecule has 1 unspecified atom stereocenters. The lowest BCUT2D eigenvalue weighted by Crippen LogP contribution is -2.15. The van der Waals surface area contributed by atoms with Crippen LogP contribution >= 0.6 is 0 Å². The minimum absolute atomic E-state index is 0.105. The number of Topliss-reactive ketones (excluding diaryl/α,β-unsaturated/α-hetero) is 1. The topological polar surface area (TPSA) is 17.1 Å². The molecule has 0 heterocycles. The van der Waals surface area contributed by atoms with Gasteiger partial charge in [-0.25, -0.2) is 17.6 Å². The molecular weight excluding hydrogens is 284 g/mol. The van der Waals surface area contributed by atoms with Gasteiger partial charge in [-0.1, -0.05) is 33.6 Å². The van der Waals surface area contributed by atoms with Gasteiger partial charge in [-0.05, 0) is 18.8 Å². The minimum Gasteiger partial charge on any atom is -0.294 e. The zero-order valence-electron chi connectivity index (χ0n) is 12.7. The third-order valence-corrected chi connectivity index (χ3v) is 3.53. The van der Waals surface area contributed by atoms with Crippen molar-refractivity contribution in [3.63, 3.8) is 0 Å². The lowest BCUT2D eigenvalue weighted by atomic mass is 9.92. The highest BCUT2D eigenvalue weighted by atomic mass is 19.2. The molecule has 0 fully saturated rings. The van der Waals surface area contributed by atoms with E-state index in [-0.39, 0.29) is 12.3 Å². The van der Waals surface area contributed by atoms with Crippen molar-refractivity contribution in [1.29, 1.82) is 0 Å². The van der Waals surface area contributed by atoms with E-state index in [1.54, 1.807) is 6.92 Å². The van der Waals surface area contributed by atoms with Crippen LogP contribution in [0.3, 0.4) is 0 Å². The molecule has 1 rings (SSSR count). The van der Waals surface area contributed by atoms with Gasteiger partial charge in [-0.2, -0.15) is 0 Å². The average molecular weight is 304 g/mol. The predicted octanol–water partition coefficient (Wildman–Crippen LogP) is 5.20. The van der Waals surface area contributed by atoms with E-state index in [2.05, 4.69) is 0 Å². The number of benzene rings is 1. The smallest absolute Gasteiger partial charge is 0.173 e. The monoisotopic (exact) mass is 304 g/mol. The number of hydrogen-bond acceptors (Lipinski definition) is 1. The van der Waals surface area contributed by atoms with Gasteiger partial charge in [0.25, 0.3) is 0 Å². The number of rotatable bonds is 6. The Morgan fingerprint density at radius 2 is 1.38 bits per heavy atom. The second-order valence-corrected chi connectivity index (χ2v) is 5.96. The maximum Gasteiger partial charge on any atom is 0.173 e. The first-order chi connectivity index (χ1) is 9.66. The van der Waals surface area contributed by atoms with E-state index in [0.29, 0.717) is 12.3 Å². The molecule has 5 heteroatoms. The number of halogens is 4. The van der Waals surface area contributed by atoms with Crippen LogP contribution < -0.4 is 0 Å². The second kappa shape index (κ2) is 7.05. The van der Waals surface area contributed by atoms with Gasteiger partial charge in [-0.15, -0.1) is 0 Å². The molecule has 0 aliphatic heterocycles. The van der Waals surface area contributed by atoms with Crippen LogP contribution in [0.5, 0.6) is 0 Å². The summed E-state index contributed by atoms with van der Waals surface area (Å²) in [5.41, 5.74) is -1.86. The van der Waals surface area contributed by atoms with Gasteiger partial charge < -0.3 is 0 Å². The van der Waals surface area contributed by atoms with E-state index < -0.39 is 40.2 Å². The van der Waals surface area contributed by atoms with Crippen LogP contribution in [0, 0.1) is 42.0 Å². The predicted molar refractivity (Wildman–Crippen MR) is 73.2 cm³/mol. The van der Waals surface area contributed by atoms with Crippen molar-refractivity contribution in [3.8, 4) is 0 Å². The molecule has 1 atom stereocenters. The first-order valence-electron chi connectivity index (χ1n) is 7.02. The fourth-order valence-electron chi connectivity index (χ4n) is 2.12. The first kappa shape index (κ1) is 17.7. The largest absolute Gasteiger partial charge is 0.294 e. The molecule has 0 radical (unpaired) electrons. The SMILES string of the molecule is Cc1c(F)c(F)c(C(=O)CC(C)CCC(C)C)c(F)c1F. The van der Waals surface area contributed by atoms with Crippen molar-refractivity contribution in [2.45, 2.75) is 47.0 Å². The Labute approximate surface area is 122 Å². The highest BCUT2D eigenvalue weighted by Crippen LogP contribution is 2.26. The third kappa shape index (κ3) is 4.05. The fourth-order valence-corrected chi connectivity index (χ4v) is 2.12. The lowest BCUT2D eigenvalue weighted by molar-refractivity contribution is 0.0950. The molecule has 118 valence electrons. The van der Waals surface area contributed by atoms with E-state index in [4.69, 9.17) is 0 Å². The zero-order valence-corrected chi connectivity index (χ0v) is 12.7. The normalized spacial score (nSPS) is 12.8. The maximum absolute atomic E-state index is 13.7. The van der Waals surface area contributed by atoms with E-state index in [9.17, 15) is 22.4 Å². The Morgan fingerprint density at radius 3 is 1.81 bits per heavy atom. The molecule has 1 aromatic rings. The summed E-state index contributed by atoms with van der Waals surface area (Å²) in [6.45, 7) is 6.75. The Morgan fingerprint density at radius 1 is 0.905 bits per heavy atom. The molecule has 1 nitrogen and oxygen atoms in total. The molecule has 0 bridgehead atoms. The highest BCUT2D eigenvalue weighted by molar-refractivity contribution is 5.96. The Hall–Kier alpha value is -1.39. The maximum atomic E-state index is 13.7. The van der Waals surface area contributed by atoms with Crippen molar-refractivity contribution in [2.24, 2.45) is 11.8 Å². The van der Waals surface area contributed by atoms with Gasteiger partial charge in [0.1, 0.15) is 0 Å². The summed E-state index contributed by atoms with van der Waals surface area (Å²) in [7, 11) is 0. The van der Waals surface area contributed by atoms with Crippen LogP contribution in [0.15, 0.2) is 0 Å². The second-order valence-electron chi connectivity index (χ2n) is 5.96. The molecule has 0 saturated carbocycles. The number of hydrogen-bond donors (Lipinski definition) is 0. The van der Waals surface area contributed by atoms with Gasteiger partial charge in [0.15, 0.2) is 29.1 Å². The molecule has 1 aromatic carbocycles. The summed E-state index contributed by atoms with van der Waals surface area (Å²) < 4.78 is 54.3. The quantitative estimate of drug-likeness (QED) is 0.401. The van der Waals surface area contributed by atoms with Gasteiger partial charge >= 0.3 is 0 Å². The summed E-state index contributed by atoms with van der Waals surface area (Å²) in [6, 6.07) is 0. The summed E-state index contributed by atoms with van der Waals surface area (Å²) >= 11 is 0. The van der Waals surface area contributed by atoms with Crippen LogP contribution in [-0.4, -0.2) is 5.78 Å². The molecule has 0 N–H and O–H groups in total. The standard InChI is InChI=1S/C16H20F4O/c1-8(2)5-6-9(3)7-11(21)12-15(19)13(17)10(4)14(18)16(12)20/h8-9H,5-7H2,1-4H3. The highest BCUT2D eigenvalue weighted by Gasteiger charge is 2.28.